The Morgan fingerprint density at radius 2 is 1.92 bits per heavy atom. The molecule has 0 bridgehead atoms. The molecule has 0 aromatic heterocycles. The highest BCUT2D eigenvalue weighted by Crippen LogP contribution is 2.45. The summed E-state index contributed by atoms with van der Waals surface area (Å²) >= 11 is 0. The van der Waals surface area contributed by atoms with Crippen LogP contribution >= 0.6 is 0 Å². The minimum atomic E-state index is -4.63. The average Bonchev–Trinajstić information content (AvgIpc) is 2.97. The van der Waals surface area contributed by atoms with Crippen molar-refractivity contribution in [1.82, 2.24) is 5.43 Å². The summed E-state index contributed by atoms with van der Waals surface area (Å²) in [6.45, 7) is 0. The summed E-state index contributed by atoms with van der Waals surface area (Å²) in [4.78, 5) is 1.87. The highest BCUT2D eigenvalue weighted by atomic mass is 19.4. The Hall–Kier alpha value is -2.89. The number of nitrogens with two attached hydrogens (primary N) is 1. The number of allylic oxidation sites excluding steroid dienone is 1. The molecule has 0 fully saturated rings. The lowest BCUT2D eigenvalue weighted by atomic mass is 9.76. The maximum absolute atomic E-state index is 13.4. The number of hydrogen-bond acceptors (Lipinski definition) is 6. The normalized spacial score (nSPS) is 25.4. The fraction of sp³-hybridized carbons (Fsp3) is 0.375. The van der Waals surface area contributed by atoms with Gasteiger partial charge in [0.1, 0.15) is 6.07 Å². The van der Waals surface area contributed by atoms with Crippen LogP contribution in [0.4, 0.5) is 18.9 Å². The standard InChI is InChI=1S/C16H16F3N5O/c1-24(2)9-5-3-8(4-6-9)11-10(7-20)14(21)25-15-12(11)13(22-23-15)16(17,18)19/h3-6,11-12,15,23H,21H2,1-2H3/t11-,12-,15-/m0/s1. The minimum absolute atomic E-state index is 0.0282. The summed E-state index contributed by atoms with van der Waals surface area (Å²) in [6, 6.07) is 8.83. The second kappa shape index (κ2) is 5.88. The van der Waals surface area contributed by atoms with Crippen LogP contribution in [0.5, 0.6) is 0 Å². The number of hydrogen-bond donors (Lipinski definition) is 2. The molecule has 0 amide bonds. The van der Waals surface area contributed by atoms with Crippen LogP contribution in [0.25, 0.3) is 0 Å². The van der Waals surface area contributed by atoms with Gasteiger partial charge < -0.3 is 15.4 Å². The second-order valence-electron chi connectivity index (χ2n) is 6.04. The molecular weight excluding hydrogens is 335 g/mol. The summed E-state index contributed by atoms with van der Waals surface area (Å²) in [7, 11) is 3.71. The molecule has 1 aromatic carbocycles. The molecule has 0 saturated carbocycles. The van der Waals surface area contributed by atoms with Gasteiger partial charge in [0, 0.05) is 25.7 Å². The molecule has 3 N–H and O–H groups in total. The van der Waals surface area contributed by atoms with Gasteiger partial charge in [-0.25, -0.2) is 0 Å². The molecule has 1 aromatic rings. The molecule has 0 unspecified atom stereocenters. The summed E-state index contributed by atoms with van der Waals surface area (Å²) in [5.41, 5.74) is 8.50. The Kier molecular flexibility index (Phi) is 3.99. The van der Waals surface area contributed by atoms with Gasteiger partial charge in [-0.15, -0.1) is 0 Å². The van der Waals surface area contributed by atoms with Crippen LogP contribution in [-0.4, -0.2) is 32.2 Å². The number of ether oxygens (including phenoxy) is 1. The lowest BCUT2D eigenvalue weighted by molar-refractivity contribution is -0.0661. The third-order valence-corrected chi connectivity index (χ3v) is 4.32. The Morgan fingerprint density at radius 1 is 1.28 bits per heavy atom. The molecular formula is C16H16F3N5O. The lowest BCUT2D eigenvalue weighted by Crippen LogP contribution is -2.45. The molecule has 0 saturated heterocycles. The summed E-state index contributed by atoms with van der Waals surface area (Å²) in [6.07, 6.45) is -5.70. The van der Waals surface area contributed by atoms with Gasteiger partial charge in [0.15, 0.2) is 11.9 Å². The number of halogens is 3. The molecule has 132 valence electrons. The molecule has 0 radical (unpaired) electrons. The Labute approximate surface area is 142 Å². The van der Waals surface area contributed by atoms with E-state index in [0.717, 1.165) is 5.69 Å². The van der Waals surface area contributed by atoms with Crippen molar-refractivity contribution < 1.29 is 17.9 Å². The first-order valence-corrected chi connectivity index (χ1v) is 7.48. The number of benzene rings is 1. The predicted octanol–water partition coefficient (Wildman–Crippen LogP) is 2.02. The highest BCUT2D eigenvalue weighted by molar-refractivity contribution is 5.94. The number of anilines is 1. The molecule has 3 rings (SSSR count). The van der Waals surface area contributed by atoms with Crippen LogP contribution in [0.1, 0.15) is 11.5 Å². The van der Waals surface area contributed by atoms with E-state index in [1.165, 1.54) is 0 Å². The SMILES string of the molecule is CN(C)c1ccc([C@H]2C(C#N)=C(N)O[C@@H]3NN=C(C(F)(F)F)[C@H]23)cc1. The first-order valence-electron chi connectivity index (χ1n) is 7.48. The van der Waals surface area contributed by atoms with Crippen molar-refractivity contribution in [2.75, 3.05) is 19.0 Å². The van der Waals surface area contributed by atoms with E-state index in [4.69, 9.17) is 10.5 Å². The number of rotatable bonds is 2. The van der Waals surface area contributed by atoms with Crippen molar-refractivity contribution in [3.8, 4) is 6.07 Å². The van der Waals surface area contributed by atoms with Crippen molar-refractivity contribution in [3.05, 3.63) is 41.3 Å². The maximum Gasteiger partial charge on any atom is 0.431 e. The number of alkyl halides is 3. The largest absolute Gasteiger partial charge is 0.453 e. The van der Waals surface area contributed by atoms with Crippen molar-refractivity contribution in [2.45, 2.75) is 18.3 Å². The zero-order chi connectivity index (χ0) is 18.4. The molecule has 0 aliphatic carbocycles. The fourth-order valence-corrected chi connectivity index (χ4v) is 3.13. The van der Waals surface area contributed by atoms with E-state index >= 15 is 0 Å². The van der Waals surface area contributed by atoms with Gasteiger partial charge in [-0.3, -0.25) is 5.43 Å². The molecule has 2 aliphatic heterocycles. The Bertz CT molecular complexity index is 776. The van der Waals surface area contributed by atoms with E-state index in [1.54, 1.807) is 24.3 Å². The van der Waals surface area contributed by atoms with E-state index in [2.05, 4.69) is 10.5 Å². The fourth-order valence-electron chi connectivity index (χ4n) is 3.13. The van der Waals surface area contributed by atoms with E-state index in [0.29, 0.717) is 5.56 Å². The lowest BCUT2D eigenvalue weighted by Gasteiger charge is -2.34. The first kappa shape index (κ1) is 17.0. The van der Waals surface area contributed by atoms with Crippen molar-refractivity contribution in [1.29, 1.82) is 5.26 Å². The predicted molar refractivity (Wildman–Crippen MR) is 85.3 cm³/mol. The van der Waals surface area contributed by atoms with Gasteiger partial charge in [0.25, 0.3) is 0 Å². The molecule has 0 spiro atoms. The second-order valence-corrected chi connectivity index (χ2v) is 6.04. The minimum Gasteiger partial charge on any atom is -0.453 e. The monoisotopic (exact) mass is 351 g/mol. The van der Waals surface area contributed by atoms with Crippen LogP contribution in [0.2, 0.25) is 0 Å². The zero-order valence-corrected chi connectivity index (χ0v) is 13.5. The molecule has 9 heteroatoms. The molecule has 2 aliphatic rings. The number of hydrazone groups is 1. The van der Waals surface area contributed by atoms with Gasteiger partial charge in [-0.1, -0.05) is 12.1 Å². The van der Waals surface area contributed by atoms with E-state index in [9.17, 15) is 18.4 Å². The van der Waals surface area contributed by atoms with Crippen molar-refractivity contribution in [3.63, 3.8) is 0 Å². The van der Waals surface area contributed by atoms with Gasteiger partial charge in [0.05, 0.1) is 11.5 Å². The molecule has 6 nitrogen and oxygen atoms in total. The highest BCUT2D eigenvalue weighted by Gasteiger charge is 2.55. The van der Waals surface area contributed by atoms with Crippen molar-refractivity contribution in [2.24, 2.45) is 16.8 Å². The van der Waals surface area contributed by atoms with Gasteiger partial charge in [-0.2, -0.15) is 23.5 Å². The topological polar surface area (TPSA) is 86.7 Å². The van der Waals surface area contributed by atoms with E-state index in [1.807, 2.05) is 25.1 Å². The third kappa shape index (κ3) is 2.84. The molecule has 2 heterocycles. The summed E-state index contributed by atoms with van der Waals surface area (Å²) < 4.78 is 45.3. The van der Waals surface area contributed by atoms with Gasteiger partial charge in [-0.05, 0) is 17.7 Å². The number of fused-ring (bicyclic) bond motifs is 1. The smallest absolute Gasteiger partial charge is 0.431 e. The number of nitriles is 1. The van der Waals surface area contributed by atoms with E-state index in [-0.39, 0.29) is 11.5 Å². The number of nitrogens with zero attached hydrogens (tertiary/aromatic N) is 3. The van der Waals surface area contributed by atoms with Crippen LogP contribution in [0.3, 0.4) is 0 Å². The van der Waals surface area contributed by atoms with Crippen LogP contribution < -0.4 is 16.1 Å². The van der Waals surface area contributed by atoms with Crippen LogP contribution in [0, 0.1) is 17.2 Å². The average molecular weight is 351 g/mol. The van der Waals surface area contributed by atoms with Gasteiger partial charge in [0.2, 0.25) is 5.88 Å². The molecule has 3 atom stereocenters. The maximum atomic E-state index is 13.4. The molecule has 25 heavy (non-hydrogen) atoms. The quantitative estimate of drug-likeness (QED) is 0.851. The van der Waals surface area contributed by atoms with Gasteiger partial charge >= 0.3 is 6.18 Å². The number of nitrogens with one attached hydrogen (secondary N) is 1. The zero-order valence-electron chi connectivity index (χ0n) is 13.5. The van der Waals surface area contributed by atoms with Crippen LogP contribution in [0.15, 0.2) is 40.8 Å². The third-order valence-electron chi connectivity index (χ3n) is 4.32. The summed E-state index contributed by atoms with van der Waals surface area (Å²) in [5.74, 6) is -2.26. The first-order chi connectivity index (χ1) is 11.7. The Balaban J connectivity index is 2.09. The summed E-state index contributed by atoms with van der Waals surface area (Å²) in [5, 5.41) is 12.8. The van der Waals surface area contributed by atoms with E-state index < -0.39 is 30.0 Å². The van der Waals surface area contributed by atoms with Crippen molar-refractivity contribution >= 4 is 11.4 Å². The van der Waals surface area contributed by atoms with Crippen LogP contribution in [-0.2, 0) is 4.74 Å². The Morgan fingerprint density at radius 3 is 2.44 bits per heavy atom.